The lowest BCUT2D eigenvalue weighted by Crippen LogP contribution is -2.08. The average Bonchev–Trinajstić information content (AvgIpc) is 2.48. The topological polar surface area (TPSA) is 35.5 Å². The number of halogens is 2. The van der Waals surface area contributed by atoms with Crippen molar-refractivity contribution in [2.75, 3.05) is 7.11 Å². The molecule has 2 aromatic rings. The number of ether oxygens (including phenoxy) is 2. The number of carbonyl (C=O) groups excluding carboxylic acids is 1. The van der Waals surface area contributed by atoms with E-state index in [1.165, 1.54) is 7.11 Å². The van der Waals surface area contributed by atoms with Gasteiger partial charge in [0.15, 0.2) is 0 Å². The highest BCUT2D eigenvalue weighted by atomic mass is 79.9. The molecule has 104 valence electrons. The molecule has 3 nitrogen and oxygen atoms in total. The van der Waals surface area contributed by atoms with E-state index in [1.807, 2.05) is 42.5 Å². The third-order valence-electron chi connectivity index (χ3n) is 2.61. The van der Waals surface area contributed by atoms with Crippen molar-refractivity contribution in [1.29, 1.82) is 0 Å². The van der Waals surface area contributed by atoms with Crippen LogP contribution in [0.1, 0.15) is 10.4 Å². The van der Waals surface area contributed by atoms with E-state index in [1.54, 1.807) is 6.07 Å². The maximum absolute atomic E-state index is 11.5. The van der Waals surface area contributed by atoms with Gasteiger partial charge in [-0.15, -0.1) is 0 Å². The molecule has 0 saturated heterocycles. The molecule has 0 radical (unpaired) electrons. The first-order valence-electron chi connectivity index (χ1n) is 5.85. The summed E-state index contributed by atoms with van der Waals surface area (Å²) < 4.78 is 11.4. The summed E-state index contributed by atoms with van der Waals surface area (Å²) in [6.45, 7) is 0. The Kier molecular flexibility index (Phi) is 5.20. The third kappa shape index (κ3) is 3.84. The molecule has 1 atom stereocenters. The first-order valence-corrected chi connectivity index (χ1v) is 7.56. The molecule has 0 N–H and O–H groups in total. The molecule has 2 aromatic carbocycles. The molecule has 1 unspecified atom stereocenters. The van der Waals surface area contributed by atoms with Crippen molar-refractivity contribution in [2.45, 2.75) is 4.83 Å². The lowest BCUT2D eigenvalue weighted by Gasteiger charge is -2.10. The second-order valence-corrected chi connectivity index (χ2v) is 5.85. The van der Waals surface area contributed by atoms with Gasteiger partial charge in [-0.05, 0) is 42.0 Å². The maximum Gasteiger partial charge on any atom is 0.324 e. The van der Waals surface area contributed by atoms with Crippen molar-refractivity contribution in [3.63, 3.8) is 0 Å². The summed E-state index contributed by atoms with van der Waals surface area (Å²) in [5.41, 5.74) is 0.784. The highest BCUT2D eigenvalue weighted by Gasteiger charge is 2.18. The van der Waals surface area contributed by atoms with Crippen LogP contribution in [0.25, 0.3) is 0 Å². The quantitative estimate of drug-likeness (QED) is 0.544. The standard InChI is InChI=1S/C15H12Br2O3/c1-19-15(18)14(17)10-3-2-4-13(9-10)20-12-7-5-11(16)6-8-12/h2-9,14H,1H3. The first kappa shape index (κ1) is 15.1. The highest BCUT2D eigenvalue weighted by molar-refractivity contribution is 9.10. The van der Waals surface area contributed by atoms with E-state index in [0.29, 0.717) is 5.75 Å². The molecule has 2 rings (SSSR count). The summed E-state index contributed by atoms with van der Waals surface area (Å²) >= 11 is 6.68. The van der Waals surface area contributed by atoms with Crippen LogP contribution in [-0.4, -0.2) is 13.1 Å². The van der Waals surface area contributed by atoms with Gasteiger partial charge in [-0.3, -0.25) is 4.79 Å². The molecule has 20 heavy (non-hydrogen) atoms. The third-order valence-corrected chi connectivity index (χ3v) is 4.04. The second-order valence-electron chi connectivity index (χ2n) is 4.01. The Morgan fingerprint density at radius 1 is 1.10 bits per heavy atom. The molecule has 0 bridgehead atoms. The zero-order valence-electron chi connectivity index (χ0n) is 10.7. The van der Waals surface area contributed by atoms with Crippen molar-refractivity contribution in [3.05, 3.63) is 58.6 Å². The molecular formula is C15H12Br2O3. The van der Waals surface area contributed by atoms with Crippen molar-refractivity contribution >= 4 is 37.8 Å². The van der Waals surface area contributed by atoms with E-state index in [-0.39, 0.29) is 5.97 Å². The van der Waals surface area contributed by atoms with E-state index in [2.05, 4.69) is 31.9 Å². The number of methoxy groups -OCH3 is 1. The average molecular weight is 400 g/mol. The molecule has 0 aliphatic rings. The summed E-state index contributed by atoms with van der Waals surface area (Å²) in [5.74, 6) is 1.05. The van der Waals surface area contributed by atoms with Crippen molar-refractivity contribution in [1.82, 2.24) is 0 Å². The molecule has 0 aliphatic carbocycles. The van der Waals surface area contributed by atoms with Crippen molar-refractivity contribution in [3.8, 4) is 11.5 Å². The predicted molar refractivity (Wildman–Crippen MR) is 84.3 cm³/mol. The summed E-state index contributed by atoms with van der Waals surface area (Å²) in [5, 5.41) is 0. The molecule has 0 spiro atoms. The van der Waals surface area contributed by atoms with Crippen molar-refractivity contribution < 1.29 is 14.3 Å². The smallest absolute Gasteiger partial charge is 0.324 e. The zero-order valence-corrected chi connectivity index (χ0v) is 13.8. The van der Waals surface area contributed by atoms with Crippen LogP contribution < -0.4 is 4.74 Å². The zero-order chi connectivity index (χ0) is 14.5. The van der Waals surface area contributed by atoms with Crippen LogP contribution in [0.5, 0.6) is 11.5 Å². The Morgan fingerprint density at radius 3 is 2.45 bits per heavy atom. The Labute approximate surface area is 134 Å². The number of benzene rings is 2. The van der Waals surface area contributed by atoms with Gasteiger partial charge < -0.3 is 9.47 Å². The Balaban J connectivity index is 2.17. The van der Waals surface area contributed by atoms with E-state index in [0.717, 1.165) is 15.8 Å². The highest BCUT2D eigenvalue weighted by Crippen LogP contribution is 2.29. The van der Waals surface area contributed by atoms with Gasteiger partial charge in [-0.25, -0.2) is 0 Å². The van der Waals surface area contributed by atoms with Gasteiger partial charge in [0.2, 0.25) is 0 Å². The Hall–Kier alpha value is -1.33. The van der Waals surface area contributed by atoms with Gasteiger partial charge in [0.05, 0.1) is 7.11 Å². The van der Waals surface area contributed by atoms with Crippen LogP contribution in [0.15, 0.2) is 53.0 Å². The van der Waals surface area contributed by atoms with E-state index in [9.17, 15) is 4.79 Å². The molecule has 0 fully saturated rings. The van der Waals surface area contributed by atoms with Crippen LogP contribution in [0, 0.1) is 0 Å². The number of carbonyl (C=O) groups is 1. The Bertz CT molecular complexity index is 596. The van der Waals surface area contributed by atoms with Gasteiger partial charge in [0.1, 0.15) is 16.3 Å². The van der Waals surface area contributed by atoms with Gasteiger partial charge in [0.25, 0.3) is 0 Å². The van der Waals surface area contributed by atoms with E-state index in [4.69, 9.17) is 9.47 Å². The van der Waals surface area contributed by atoms with Crippen LogP contribution in [0.2, 0.25) is 0 Å². The first-order chi connectivity index (χ1) is 9.60. The largest absolute Gasteiger partial charge is 0.468 e. The molecule has 0 saturated carbocycles. The second kappa shape index (κ2) is 6.90. The number of hydrogen-bond donors (Lipinski definition) is 0. The van der Waals surface area contributed by atoms with Crippen molar-refractivity contribution in [2.24, 2.45) is 0 Å². The minimum atomic E-state index is -0.499. The monoisotopic (exact) mass is 398 g/mol. The van der Waals surface area contributed by atoms with Crippen LogP contribution in [0.4, 0.5) is 0 Å². The van der Waals surface area contributed by atoms with Gasteiger partial charge >= 0.3 is 5.97 Å². The van der Waals surface area contributed by atoms with Crippen LogP contribution in [0.3, 0.4) is 0 Å². The molecule has 0 aliphatic heterocycles. The predicted octanol–water partition coefficient (Wildman–Crippen LogP) is 4.85. The van der Waals surface area contributed by atoms with Gasteiger partial charge in [0, 0.05) is 4.47 Å². The summed E-state index contributed by atoms with van der Waals surface area (Å²) in [6.07, 6.45) is 0. The van der Waals surface area contributed by atoms with Crippen LogP contribution in [-0.2, 0) is 9.53 Å². The number of alkyl halides is 1. The summed E-state index contributed by atoms with van der Waals surface area (Å²) in [6, 6.07) is 14.8. The fraction of sp³-hybridized carbons (Fsp3) is 0.133. The lowest BCUT2D eigenvalue weighted by atomic mass is 10.1. The summed E-state index contributed by atoms with van der Waals surface area (Å²) in [4.78, 5) is 11.0. The van der Waals surface area contributed by atoms with Gasteiger partial charge in [-0.2, -0.15) is 0 Å². The van der Waals surface area contributed by atoms with E-state index < -0.39 is 4.83 Å². The Morgan fingerprint density at radius 2 is 1.80 bits per heavy atom. The normalized spacial score (nSPS) is 11.8. The summed E-state index contributed by atoms with van der Waals surface area (Å²) in [7, 11) is 1.36. The molecule has 5 heteroatoms. The van der Waals surface area contributed by atoms with Crippen LogP contribution >= 0.6 is 31.9 Å². The molecule has 0 amide bonds. The fourth-order valence-corrected chi connectivity index (χ4v) is 2.35. The fourth-order valence-electron chi connectivity index (χ4n) is 1.61. The molecule has 0 aromatic heterocycles. The lowest BCUT2D eigenvalue weighted by molar-refractivity contribution is -0.139. The molecule has 0 heterocycles. The minimum Gasteiger partial charge on any atom is -0.468 e. The van der Waals surface area contributed by atoms with Gasteiger partial charge in [-0.1, -0.05) is 44.0 Å². The SMILES string of the molecule is COC(=O)C(Br)c1cccc(Oc2ccc(Br)cc2)c1. The number of hydrogen-bond acceptors (Lipinski definition) is 3. The van der Waals surface area contributed by atoms with E-state index >= 15 is 0 Å². The molecular weight excluding hydrogens is 388 g/mol. The minimum absolute atomic E-state index is 0.342. The maximum atomic E-state index is 11.5. The number of rotatable bonds is 4. The number of esters is 1.